The van der Waals surface area contributed by atoms with Gasteiger partial charge in [-0.3, -0.25) is 4.79 Å². The van der Waals surface area contributed by atoms with Crippen LogP contribution in [0, 0.1) is 0 Å². The number of allylic oxidation sites excluding steroid dienone is 2. The summed E-state index contributed by atoms with van der Waals surface area (Å²) in [5.41, 5.74) is 0. The number of unbranched alkanes of at least 4 members (excludes halogenated alkanes) is 11. The minimum atomic E-state index is -0.856. The predicted molar refractivity (Wildman–Crippen MR) is 112 cm³/mol. The van der Waals surface area contributed by atoms with Crippen molar-refractivity contribution in [1.82, 2.24) is 4.90 Å². The Morgan fingerprint density at radius 2 is 1.44 bits per heavy atom. The molecule has 1 fully saturated rings. The van der Waals surface area contributed by atoms with Crippen LogP contribution in [-0.2, 0) is 9.59 Å². The Hall–Kier alpha value is -1.32. The normalized spacial score (nSPS) is 17.1. The second-order valence-corrected chi connectivity index (χ2v) is 7.92. The lowest BCUT2D eigenvalue weighted by Crippen LogP contribution is -2.40. The summed E-state index contributed by atoms with van der Waals surface area (Å²) < 4.78 is 0. The van der Waals surface area contributed by atoms with Gasteiger partial charge in [0.25, 0.3) is 0 Å². The van der Waals surface area contributed by atoms with Crippen molar-refractivity contribution in [2.24, 2.45) is 0 Å². The number of rotatable bonds is 16. The van der Waals surface area contributed by atoms with Gasteiger partial charge in [-0.15, -0.1) is 0 Å². The summed E-state index contributed by atoms with van der Waals surface area (Å²) in [4.78, 5) is 24.8. The maximum absolute atomic E-state index is 12.1. The van der Waals surface area contributed by atoms with Crippen molar-refractivity contribution >= 4 is 11.9 Å². The lowest BCUT2D eigenvalue weighted by Gasteiger charge is -2.21. The summed E-state index contributed by atoms with van der Waals surface area (Å²) in [6, 6.07) is -0.583. The van der Waals surface area contributed by atoms with Crippen LogP contribution in [0.2, 0.25) is 0 Å². The highest BCUT2D eigenvalue weighted by Gasteiger charge is 2.33. The van der Waals surface area contributed by atoms with Gasteiger partial charge in [0.15, 0.2) is 0 Å². The van der Waals surface area contributed by atoms with Crippen LogP contribution in [0.3, 0.4) is 0 Å². The zero-order chi connectivity index (χ0) is 19.7. The maximum atomic E-state index is 12.1. The number of nitrogens with zero attached hydrogens (tertiary/aromatic N) is 1. The van der Waals surface area contributed by atoms with Crippen molar-refractivity contribution < 1.29 is 14.7 Å². The van der Waals surface area contributed by atoms with E-state index in [-0.39, 0.29) is 5.91 Å². The van der Waals surface area contributed by atoms with Gasteiger partial charge < -0.3 is 10.0 Å². The molecule has 1 aliphatic rings. The monoisotopic (exact) mass is 379 g/mol. The highest BCUT2D eigenvalue weighted by molar-refractivity contribution is 5.84. The van der Waals surface area contributed by atoms with Gasteiger partial charge in [0, 0.05) is 13.0 Å². The van der Waals surface area contributed by atoms with Gasteiger partial charge in [-0.25, -0.2) is 4.79 Å². The van der Waals surface area contributed by atoms with Gasteiger partial charge in [0.05, 0.1) is 0 Å². The summed E-state index contributed by atoms with van der Waals surface area (Å²) in [5, 5.41) is 9.14. The number of carbonyl (C=O) groups is 2. The van der Waals surface area contributed by atoms with Gasteiger partial charge in [-0.1, -0.05) is 70.4 Å². The molecule has 1 N–H and O–H groups in total. The summed E-state index contributed by atoms with van der Waals surface area (Å²) in [6.07, 6.45) is 22.7. The Balaban J connectivity index is 1.89. The average molecular weight is 380 g/mol. The van der Waals surface area contributed by atoms with Crippen LogP contribution in [-0.4, -0.2) is 34.5 Å². The summed E-state index contributed by atoms with van der Waals surface area (Å²) in [6.45, 7) is 2.87. The minimum Gasteiger partial charge on any atom is -0.480 e. The molecule has 4 nitrogen and oxygen atoms in total. The first-order valence-electron chi connectivity index (χ1n) is 11.3. The molecule has 156 valence electrons. The molecule has 1 rings (SSSR count). The molecule has 0 saturated carbocycles. The van der Waals surface area contributed by atoms with Crippen LogP contribution < -0.4 is 0 Å². The summed E-state index contributed by atoms with van der Waals surface area (Å²) >= 11 is 0. The van der Waals surface area contributed by atoms with Gasteiger partial charge in [-0.05, 0) is 44.9 Å². The van der Waals surface area contributed by atoms with E-state index in [9.17, 15) is 9.59 Å². The lowest BCUT2D eigenvalue weighted by atomic mass is 10.1. The van der Waals surface area contributed by atoms with E-state index in [2.05, 4.69) is 19.1 Å². The van der Waals surface area contributed by atoms with Crippen LogP contribution in [0.1, 0.15) is 110 Å². The predicted octanol–water partition coefficient (Wildman–Crippen LogP) is 6.10. The molecule has 0 aromatic rings. The summed E-state index contributed by atoms with van der Waals surface area (Å²) in [7, 11) is 0. The third-order valence-corrected chi connectivity index (χ3v) is 5.51. The molecule has 1 amide bonds. The maximum Gasteiger partial charge on any atom is 0.326 e. The van der Waals surface area contributed by atoms with Gasteiger partial charge in [0.2, 0.25) is 5.91 Å². The fraction of sp³-hybridized carbons (Fsp3) is 0.826. The van der Waals surface area contributed by atoms with Gasteiger partial charge in [0.1, 0.15) is 6.04 Å². The molecule has 0 spiro atoms. The zero-order valence-electron chi connectivity index (χ0n) is 17.5. The lowest BCUT2D eigenvalue weighted by molar-refractivity contribution is -0.148. The van der Waals surface area contributed by atoms with Gasteiger partial charge >= 0.3 is 5.97 Å². The van der Waals surface area contributed by atoms with Crippen molar-refractivity contribution in [3.05, 3.63) is 12.2 Å². The first-order valence-corrected chi connectivity index (χ1v) is 11.3. The fourth-order valence-electron chi connectivity index (χ4n) is 3.81. The molecule has 1 saturated heterocycles. The van der Waals surface area contributed by atoms with E-state index in [4.69, 9.17) is 5.11 Å². The second-order valence-electron chi connectivity index (χ2n) is 7.92. The molecule has 4 heteroatoms. The quantitative estimate of drug-likeness (QED) is 0.260. The van der Waals surface area contributed by atoms with Crippen molar-refractivity contribution in [3.63, 3.8) is 0 Å². The molecular formula is C23H41NO3. The smallest absolute Gasteiger partial charge is 0.326 e. The Kier molecular flexibility index (Phi) is 13.8. The largest absolute Gasteiger partial charge is 0.480 e. The van der Waals surface area contributed by atoms with E-state index < -0.39 is 12.0 Å². The standard InChI is InChI=1S/C23H41NO3/c1-2-3-4-5-6-7-8-9-10-11-12-13-14-15-16-19-22(25)24-20-17-18-21(24)23(26)27/h9-10,21H,2-8,11-20H2,1H3,(H,26,27)/b10-9-/t21-/m1/s1. The number of carboxylic acids is 1. The number of likely N-dealkylation sites (tertiary alicyclic amines) is 1. The van der Waals surface area contributed by atoms with Crippen LogP contribution in [0.4, 0.5) is 0 Å². The molecule has 1 aliphatic heterocycles. The molecule has 1 heterocycles. The molecule has 0 aromatic carbocycles. The molecule has 27 heavy (non-hydrogen) atoms. The number of aliphatic carboxylic acids is 1. The first-order chi connectivity index (χ1) is 13.2. The van der Waals surface area contributed by atoms with E-state index in [1.54, 1.807) is 4.90 Å². The third-order valence-electron chi connectivity index (χ3n) is 5.51. The Bertz CT molecular complexity index is 433. The van der Waals surface area contributed by atoms with E-state index in [0.717, 1.165) is 19.3 Å². The van der Waals surface area contributed by atoms with Crippen LogP contribution in [0.25, 0.3) is 0 Å². The number of carboxylic acid groups (broad SMARTS) is 1. The highest BCUT2D eigenvalue weighted by atomic mass is 16.4. The molecular weight excluding hydrogens is 338 g/mol. The number of amides is 1. The Morgan fingerprint density at radius 1 is 0.889 bits per heavy atom. The van der Waals surface area contributed by atoms with E-state index in [1.165, 1.54) is 70.6 Å². The van der Waals surface area contributed by atoms with E-state index in [1.807, 2.05) is 0 Å². The fourth-order valence-corrected chi connectivity index (χ4v) is 3.81. The SMILES string of the molecule is CCCCCCCC/C=C\CCCCCCCC(=O)N1CCC[C@@H]1C(=O)O. The van der Waals surface area contributed by atoms with Crippen molar-refractivity contribution in [3.8, 4) is 0 Å². The first kappa shape index (κ1) is 23.7. The molecule has 0 aliphatic carbocycles. The van der Waals surface area contributed by atoms with Crippen LogP contribution in [0.5, 0.6) is 0 Å². The molecule has 0 radical (unpaired) electrons. The zero-order valence-corrected chi connectivity index (χ0v) is 17.5. The number of hydrogen-bond acceptors (Lipinski definition) is 2. The molecule has 1 atom stereocenters. The van der Waals surface area contributed by atoms with Gasteiger partial charge in [-0.2, -0.15) is 0 Å². The molecule has 0 unspecified atom stereocenters. The topological polar surface area (TPSA) is 57.6 Å². The third kappa shape index (κ3) is 11.2. The summed E-state index contributed by atoms with van der Waals surface area (Å²) in [5.74, 6) is -0.831. The minimum absolute atomic E-state index is 0.0255. The van der Waals surface area contributed by atoms with Crippen molar-refractivity contribution in [2.75, 3.05) is 6.54 Å². The van der Waals surface area contributed by atoms with E-state index >= 15 is 0 Å². The second kappa shape index (κ2) is 15.7. The number of carbonyl (C=O) groups excluding carboxylic acids is 1. The van der Waals surface area contributed by atoms with Crippen molar-refractivity contribution in [1.29, 1.82) is 0 Å². The molecule has 0 bridgehead atoms. The average Bonchev–Trinajstić information content (AvgIpc) is 3.15. The van der Waals surface area contributed by atoms with Crippen LogP contribution in [0.15, 0.2) is 12.2 Å². The number of hydrogen-bond donors (Lipinski definition) is 1. The highest BCUT2D eigenvalue weighted by Crippen LogP contribution is 2.19. The van der Waals surface area contributed by atoms with Crippen LogP contribution >= 0.6 is 0 Å². The Labute approximate surface area is 166 Å². The Morgan fingerprint density at radius 3 is 2.04 bits per heavy atom. The molecule has 0 aromatic heterocycles. The van der Waals surface area contributed by atoms with Crippen molar-refractivity contribution in [2.45, 2.75) is 116 Å². The van der Waals surface area contributed by atoms with E-state index in [0.29, 0.717) is 19.4 Å².